The molecule has 6 nitrogen and oxygen atoms in total. The summed E-state index contributed by atoms with van der Waals surface area (Å²) in [7, 11) is 1.46. The van der Waals surface area contributed by atoms with E-state index in [0.717, 1.165) is 5.56 Å². The summed E-state index contributed by atoms with van der Waals surface area (Å²) < 4.78 is 4.90. The van der Waals surface area contributed by atoms with Crippen LogP contribution in [-0.4, -0.2) is 37.5 Å². The molecule has 2 N–H and O–H groups in total. The molecule has 2 amide bonds. The number of rotatable bonds is 7. The number of carbonyl (C=O) groups is 3. The van der Waals surface area contributed by atoms with Gasteiger partial charge in [-0.05, 0) is 11.5 Å². The van der Waals surface area contributed by atoms with E-state index < -0.39 is 17.9 Å². The van der Waals surface area contributed by atoms with E-state index in [9.17, 15) is 14.4 Å². The van der Waals surface area contributed by atoms with Crippen LogP contribution in [-0.2, 0) is 25.5 Å². The van der Waals surface area contributed by atoms with Crippen molar-refractivity contribution in [3.8, 4) is 0 Å². The van der Waals surface area contributed by atoms with Crippen molar-refractivity contribution in [2.75, 3.05) is 13.7 Å². The molecule has 1 atom stereocenters. The van der Waals surface area contributed by atoms with Crippen LogP contribution in [0.15, 0.2) is 30.3 Å². The zero-order valence-corrected chi connectivity index (χ0v) is 13.1. The van der Waals surface area contributed by atoms with E-state index in [1.165, 1.54) is 7.05 Å². The molecule has 22 heavy (non-hydrogen) atoms. The minimum absolute atomic E-state index is 0.142. The lowest BCUT2D eigenvalue weighted by molar-refractivity contribution is -0.152. The van der Waals surface area contributed by atoms with E-state index in [1.54, 1.807) is 13.8 Å². The Labute approximate surface area is 130 Å². The molecule has 0 fully saturated rings. The molecule has 0 bridgehead atoms. The van der Waals surface area contributed by atoms with Crippen molar-refractivity contribution in [2.24, 2.45) is 5.92 Å². The lowest BCUT2D eigenvalue weighted by Crippen LogP contribution is -2.46. The average Bonchev–Trinajstić information content (AvgIpc) is 2.50. The van der Waals surface area contributed by atoms with Crippen molar-refractivity contribution in [2.45, 2.75) is 26.3 Å². The number of benzene rings is 1. The molecule has 1 rings (SSSR count). The summed E-state index contributed by atoms with van der Waals surface area (Å²) in [4.78, 5) is 35.1. The first-order chi connectivity index (χ1) is 10.4. The fourth-order valence-electron chi connectivity index (χ4n) is 1.80. The Morgan fingerprint density at radius 2 is 1.73 bits per heavy atom. The minimum atomic E-state index is -0.777. The molecule has 1 aromatic carbocycles. The summed E-state index contributed by atoms with van der Waals surface area (Å²) >= 11 is 0. The largest absolute Gasteiger partial charge is 0.454 e. The number of ether oxygens (including phenoxy) is 1. The highest BCUT2D eigenvalue weighted by atomic mass is 16.5. The van der Waals surface area contributed by atoms with Gasteiger partial charge in [-0.25, -0.2) is 4.79 Å². The van der Waals surface area contributed by atoms with Gasteiger partial charge in [0.15, 0.2) is 6.61 Å². The first-order valence-corrected chi connectivity index (χ1v) is 7.14. The Morgan fingerprint density at radius 3 is 2.27 bits per heavy atom. The van der Waals surface area contributed by atoms with Crippen LogP contribution in [0.25, 0.3) is 0 Å². The summed E-state index contributed by atoms with van der Waals surface area (Å²) in [6, 6.07) is 8.47. The van der Waals surface area contributed by atoms with Crippen LogP contribution in [0.3, 0.4) is 0 Å². The Bertz CT molecular complexity index is 514. The lowest BCUT2D eigenvalue weighted by atomic mass is 10.0. The van der Waals surface area contributed by atoms with Gasteiger partial charge in [0.2, 0.25) is 5.91 Å². The van der Waals surface area contributed by atoms with Crippen molar-refractivity contribution in [1.82, 2.24) is 10.6 Å². The lowest BCUT2D eigenvalue weighted by Gasteiger charge is -2.20. The molecule has 0 heterocycles. The number of hydrogen-bond acceptors (Lipinski definition) is 4. The number of carbonyl (C=O) groups excluding carboxylic acids is 3. The van der Waals surface area contributed by atoms with Crippen LogP contribution in [0, 0.1) is 5.92 Å². The minimum Gasteiger partial charge on any atom is -0.454 e. The molecule has 0 radical (unpaired) electrons. The zero-order chi connectivity index (χ0) is 16.5. The predicted molar refractivity (Wildman–Crippen MR) is 81.9 cm³/mol. The number of hydrogen-bond donors (Lipinski definition) is 2. The van der Waals surface area contributed by atoms with E-state index >= 15 is 0 Å². The van der Waals surface area contributed by atoms with E-state index in [-0.39, 0.29) is 24.9 Å². The molecule has 0 saturated heterocycles. The van der Waals surface area contributed by atoms with Gasteiger partial charge in [-0.1, -0.05) is 44.2 Å². The maximum absolute atomic E-state index is 12.0. The van der Waals surface area contributed by atoms with Crippen LogP contribution in [0.1, 0.15) is 19.4 Å². The van der Waals surface area contributed by atoms with Gasteiger partial charge in [-0.15, -0.1) is 0 Å². The monoisotopic (exact) mass is 306 g/mol. The van der Waals surface area contributed by atoms with Gasteiger partial charge < -0.3 is 15.4 Å². The van der Waals surface area contributed by atoms with Crippen molar-refractivity contribution < 1.29 is 19.1 Å². The normalized spacial score (nSPS) is 11.6. The van der Waals surface area contributed by atoms with Gasteiger partial charge in [-0.2, -0.15) is 0 Å². The van der Waals surface area contributed by atoms with Crippen molar-refractivity contribution in [3.63, 3.8) is 0 Å². The number of esters is 1. The molecule has 6 heteroatoms. The Hall–Kier alpha value is -2.37. The van der Waals surface area contributed by atoms with E-state index in [4.69, 9.17) is 4.74 Å². The quantitative estimate of drug-likeness (QED) is 0.725. The summed E-state index contributed by atoms with van der Waals surface area (Å²) in [6.07, 6.45) is 0.187. The van der Waals surface area contributed by atoms with Gasteiger partial charge in [0.1, 0.15) is 6.04 Å². The third-order valence-corrected chi connectivity index (χ3v) is 3.07. The molecule has 0 aromatic heterocycles. The first kappa shape index (κ1) is 17.7. The Morgan fingerprint density at radius 1 is 1.09 bits per heavy atom. The Balaban J connectivity index is 2.58. The van der Waals surface area contributed by atoms with Crippen LogP contribution in [0.4, 0.5) is 0 Å². The Kier molecular flexibility index (Phi) is 7.08. The maximum Gasteiger partial charge on any atom is 0.329 e. The zero-order valence-electron chi connectivity index (χ0n) is 13.1. The van der Waals surface area contributed by atoms with Crippen molar-refractivity contribution >= 4 is 17.8 Å². The topological polar surface area (TPSA) is 84.5 Å². The SMILES string of the molecule is CNC(=O)COC(=O)C(NC(=O)Cc1ccccc1)C(C)C. The molecule has 1 unspecified atom stereocenters. The maximum atomic E-state index is 12.0. The van der Waals surface area contributed by atoms with Gasteiger partial charge in [0, 0.05) is 7.05 Å². The molecule has 0 aliphatic rings. The fraction of sp³-hybridized carbons (Fsp3) is 0.438. The molecule has 120 valence electrons. The average molecular weight is 306 g/mol. The van der Waals surface area contributed by atoms with Gasteiger partial charge in [-0.3, -0.25) is 9.59 Å². The third kappa shape index (κ3) is 5.95. The van der Waals surface area contributed by atoms with E-state index in [1.807, 2.05) is 30.3 Å². The third-order valence-electron chi connectivity index (χ3n) is 3.07. The summed E-state index contributed by atoms with van der Waals surface area (Å²) in [5.74, 6) is -1.41. The summed E-state index contributed by atoms with van der Waals surface area (Å²) in [5, 5.41) is 5.02. The number of nitrogens with one attached hydrogen (secondary N) is 2. The first-order valence-electron chi connectivity index (χ1n) is 7.14. The van der Waals surface area contributed by atoms with Gasteiger partial charge in [0.05, 0.1) is 6.42 Å². The second kappa shape index (κ2) is 8.81. The van der Waals surface area contributed by atoms with Crippen LogP contribution in [0.2, 0.25) is 0 Å². The number of likely N-dealkylation sites (N-methyl/N-ethyl adjacent to an activating group) is 1. The highest BCUT2D eigenvalue weighted by Gasteiger charge is 2.26. The molecule has 0 spiro atoms. The summed E-state index contributed by atoms with van der Waals surface area (Å²) in [5.41, 5.74) is 0.862. The van der Waals surface area contributed by atoms with E-state index in [0.29, 0.717) is 0 Å². The smallest absolute Gasteiger partial charge is 0.329 e. The summed E-state index contributed by atoms with van der Waals surface area (Å²) in [6.45, 7) is 3.25. The molecular formula is C16H22N2O4. The molecular weight excluding hydrogens is 284 g/mol. The van der Waals surface area contributed by atoms with Crippen LogP contribution < -0.4 is 10.6 Å². The molecule has 0 saturated carbocycles. The predicted octanol–water partition coefficient (Wildman–Crippen LogP) is 0.659. The van der Waals surface area contributed by atoms with Gasteiger partial charge >= 0.3 is 5.97 Å². The van der Waals surface area contributed by atoms with Crippen LogP contribution in [0.5, 0.6) is 0 Å². The second-order valence-corrected chi connectivity index (χ2v) is 5.23. The van der Waals surface area contributed by atoms with Crippen LogP contribution >= 0.6 is 0 Å². The van der Waals surface area contributed by atoms with Crippen molar-refractivity contribution in [1.29, 1.82) is 0 Å². The highest BCUT2D eigenvalue weighted by molar-refractivity contribution is 5.87. The second-order valence-electron chi connectivity index (χ2n) is 5.23. The van der Waals surface area contributed by atoms with Crippen molar-refractivity contribution in [3.05, 3.63) is 35.9 Å². The standard InChI is InChI=1S/C16H22N2O4/c1-11(2)15(16(21)22-10-14(20)17-3)18-13(19)9-12-7-5-4-6-8-12/h4-8,11,15H,9-10H2,1-3H3,(H,17,20)(H,18,19). The fourth-order valence-corrected chi connectivity index (χ4v) is 1.80. The molecule has 1 aromatic rings. The number of amides is 2. The molecule has 0 aliphatic heterocycles. The molecule has 0 aliphatic carbocycles. The van der Waals surface area contributed by atoms with Gasteiger partial charge in [0.25, 0.3) is 5.91 Å². The van der Waals surface area contributed by atoms with E-state index in [2.05, 4.69) is 10.6 Å². The highest BCUT2D eigenvalue weighted by Crippen LogP contribution is 2.06.